The highest BCUT2D eigenvalue weighted by atomic mass is 32.2. The van der Waals surface area contributed by atoms with Gasteiger partial charge in [-0.3, -0.25) is 14.4 Å². The Morgan fingerprint density at radius 3 is 2.50 bits per heavy atom. The first-order valence-corrected chi connectivity index (χ1v) is 11.1. The van der Waals surface area contributed by atoms with Crippen LogP contribution >= 0.6 is 0 Å². The summed E-state index contributed by atoms with van der Waals surface area (Å²) in [5.74, 6) is 0.387. The van der Waals surface area contributed by atoms with Crippen molar-refractivity contribution in [3.63, 3.8) is 0 Å². The van der Waals surface area contributed by atoms with Crippen LogP contribution in [0.25, 0.3) is 0 Å². The maximum absolute atomic E-state index is 13.0. The molecule has 1 N–H and O–H groups in total. The Kier molecular flexibility index (Phi) is 7.30. The van der Waals surface area contributed by atoms with E-state index in [0.717, 1.165) is 12.8 Å². The number of ether oxygens (including phenoxy) is 2. The zero-order valence-corrected chi connectivity index (χ0v) is 18.2. The summed E-state index contributed by atoms with van der Waals surface area (Å²) < 4.78 is 37.1. The van der Waals surface area contributed by atoms with Crippen molar-refractivity contribution in [2.45, 2.75) is 26.0 Å². The number of carbonyl (C=O) groups excluding carboxylic acids is 1. The van der Waals surface area contributed by atoms with Crippen molar-refractivity contribution in [3.8, 4) is 5.75 Å². The van der Waals surface area contributed by atoms with Crippen LogP contribution in [-0.4, -0.2) is 83.4 Å². The fraction of sp³-hybridized carbons (Fsp3) is 0.632. The van der Waals surface area contributed by atoms with E-state index < -0.39 is 10.0 Å². The number of carbonyl (C=O) groups is 1. The molecule has 0 radical (unpaired) electrons. The minimum atomic E-state index is -3.43. The SMILES string of the molecule is CO[C@H]1CN(C)C(=O)c2ccc(NS(C)(=O)=O)cc2OC[C@@H](C)N(C)C[C@H]1C. The Morgan fingerprint density at radius 1 is 1.21 bits per heavy atom. The van der Waals surface area contributed by atoms with E-state index in [1.807, 2.05) is 14.0 Å². The summed E-state index contributed by atoms with van der Waals surface area (Å²) in [4.78, 5) is 16.8. The summed E-state index contributed by atoms with van der Waals surface area (Å²) in [7, 11) is 1.99. The summed E-state index contributed by atoms with van der Waals surface area (Å²) in [6, 6.07) is 4.81. The Bertz CT molecular complexity index is 799. The van der Waals surface area contributed by atoms with E-state index in [-0.39, 0.29) is 24.0 Å². The number of hydrogen-bond donors (Lipinski definition) is 1. The minimum absolute atomic E-state index is 0.0985. The molecule has 1 amide bonds. The van der Waals surface area contributed by atoms with Crippen molar-refractivity contribution >= 4 is 21.6 Å². The van der Waals surface area contributed by atoms with E-state index in [1.165, 1.54) is 0 Å². The van der Waals surface area contributed by atoms with E-state index in [2.05, 4.69) is 16.5 Å². The highest BCUT2D eigenvalue weighted by molar-refractivity contribution is 7.92. The van der Waals surface area contributed by atoms with E-state index in [0.29, 0.717) is 30.2 Å². The Hall–Kier alpha value is -1.84. The predicted octanol–water partition coefficient (Wildman–Crippen LogP) is 1.49. The van der Waals surface area contributed by atoms with E-state index in [9.17, 15) is 13.2 Å². The molecule has 0 bridgehead atoms. The number of fused-ring (bicyclic) bond motifs is 1. The van der Waals surface area contributed by atoms with Gasteiger partial charge in [0.25, 0.3) is 5.91 Å². The molecule has 0 unspecified atom stereocenters. The van der Waals surface area contributed by atoms with Gasteiger partial charge in [0.1, 0.15) is 12.4 Å². The van der Waals surface area contributed by atoms with Gasteiger partial charge in [-0.05, 0) is 32.0 Å². The van der Waals surface area contributed by atoms with E-state index >= 15 is 0 Å². The largest absolute Gasteiger partial charge is 0.491 e. The summed E-state index contributed by atoms with van der Waals surface area (Å²) >= 11 is 0. The molecule has 158 valence electrons. The van der Waals surface area contributed by atoms with Gasteiger partial charge < -0.3 is 14.4 Å². The molecule has 9 heteroatoms. The van der Waals surface area contributed by atoms with Gasteiger partial charge in [-0.15, -0.1) is 0 Å². The second-order valence-electron chi connectivity index (χ2n) is 7.62. The van der Waals surface area contributed by atoms with Crippen LogP contribution in [0, 0.1) is 5.92 Å². The van der Waals surface area contributed by atoms with Crippen LogP contribution < -0.4 is 9.46 Å². The molecular formula is C19H31N3O5S. The second-order valence-corrected chi connectivity index (χ2v) is 9.37. The third kappa shape index (κ3) is 5.83. The normalized spacial score (nSPS) is 25.3. The molecule has 0 spiro atoms. The topological polar surface area (TPSA) is 88.2 Å². The number of anilines is 1. The highest BCUT2D eigenvalue weighted by Gasteiger charge is 2.27. The van der Waals surface area contributed by atoms with Gasteiger partial charge >= 0.3 is 0 Å². The van der Waals surface area contributed by atoms with Crippen LogP contribution in [0.5, 0.6) is 5.75 Å². The van der Waals surface area contributed by atoms with Crippen LogP contribution in [0.4, 0.5) is 5.69 Å². The average Bonchev–Trinajstić information content (AvgIpc) is 2.61. The van der Waals surface area contributed by atoms with Crippen molar-refractivity contribution in [1.29, 1.82) is 0 Å². The molecular weight excluding hydrogens is 382 g/mol. The average molecular weight is 414 g/mol. The molecule has 0 aromatic heterocycles. The summed E-state index contributed by atoms with van der Waals surface area (Å²) in [6.07, 6.45) is 0.980. The molecule has 3 atom stereocenters. The number of nitrogens with zero attached hydrogens (tertiary/aromatic N) is 2. The standard InChI is InChI=1S/C19H31N3O5S/c1-13-10-21(3)14(2)12-27-17-9-15(20-28(6,24)25)7-8-16(17)19(23)22(4)11-18(13)26-5/h7-9,13-14,18,20H,10-12H2,1-6H3/t13-,14-,18+/m1/s1. The van der Waals surface area contributed by atoms with Crippen molar-refractivity contribution in [2.24, 2.45) is 5.92 Å². The van der Waals surface area contributed by atoms with Crippen molar-refractivity contribution in [3.05, 3.63) is 23.8 Å². The van der Waals surface area contributed by atoms with Gasteiger partial charge in [0.15, 0.2) is 0 Å². The van der Waals surface area contributed by atoms with Gasteiger partial charge in [0.05, 0.1) is 23.6 Å². The lowest BCUT2D eigenvalue weighted by molar-refractivity contribution is 0.0150. The number of amides is 1. The number of methoxy groups -OCH3 is 1. The third-order valence-electron chi connectivity index (χ3n) is 5.06. The highest BCUT2D eigenvalue weighted by Crippen LogP contribution is 2.27. The van der Waals surface area contributed by atoms with Crippen LogP contribution in [0.2, 0.25) is 0 Å². The number of sulfonamides is 1. The molecule has 1 aliphatic rings. The molecule has 0 fully saturated rings. The van der Waals surface area contributed by atoms with Crippen LogP contribution in [-0.2, 0) is 14.8 Å². The lowest BCUT2D eigenvalue weighted by atomic mass is 10.0. The van der Waals surface area contributed by atoms with Gasteiger partial charge in [-0.2, -0.15) is 0 Å². The molecule has 1 aromatic carbocycles. The molecule has 2 rings (SSSR count). The molecule has 1 heterocycles. The van der Waals surface area contributed by atoms with Crippen LogP contribution in [0.1, 0.15) is 24.2 Å². The Labute approximate surface area is 167 Å². The lowest BCUT2D eigenvalue weighted by Gasteiger charge is -2.34. The minimum Gasteiger partial charge on any atom is -0.491 e. The van der Waals surface area contributed by atoms with Gasteiger partial charge in [0.2, 0.25) is 10.0 Å². The molecule has 1 aromatic rings. The monoisotopic (exact) mass is 413 g/mol. The molecule has 0 saturated carbocycles. The maximum atomic E-state index is 13.0. The zero-order chi connectivity index (χ0) is 21.1. The molecule has 0 saturated heterocycles. The summed E-state index contributed by atoms with van der Waals surface area (Å²) in [5.41, 5.74) is 0.743. The molecule has 8 nitrogen and oxygen atoms in total. The quantitative estimate of drug-likeness (QED) is 0.808. The second kappa shape index (κ2) is 9.11. The van der Waals surface area contributed by atoms with Crippen LogP contribution in [0.15, 0.2) is 18.2 Å². The van der Waals surface area contributed by atoms with E-state index in [4.69, 9.17) is 9.47 Å². The molecule has 0 aliphatic carbocycles. The maximum Gasteiger partial charge on any atom is 0.257 e. The number of hydrogen-bond acceptors (Lipinski definition) is 6. The van der Waals surface area contributed by atoms with Gasteiger partial charge in [-0.1, -0.05) is 6.92 Å². The Morgan fingerprint density at radius 2 is 1.89 bits per heavy atom. The summed E-state index contributed by atoms with van der Waals surface area (Å²) in [5, 5.41) is 0. The van der Waals surface area contributed by atoms with Gasteiger partial charge in [0, 0.05) is 39.4 Å². The number of nitrogens with one attached hydrogen (secondary N) is 1. The van der Waals surface area contributed by atoms with Crippen molar-refractivity contribution < 1.29 is 22.7 Å². The molecule has 1 aliphatic heterocycles. The molecule has 28 heavy (non-hydrogen) atoms. The van der Waals surface area contributed by atoms with Crippen LogP contribution in [0.3, 0.4) is 0 Å². The van der Waals surface area contributed by atoms with Crippen molar-refractivity contribution in [2.75, 3.05) is 51.9 Å². The Balaban J connectivity index is 2.42. The fourth-order valence-electron chi connectivity index (χ4n) is 3.23. The summed E-state index contributed by atoms with van der Waals surface area (Å²) in [6.45, 7) is 5.77. The zero-order valence-electron chi connectivity index (χ0n) is 17.4. The third-order valence-corrected chi connectivity index (χ3v) is 5.67. The first-order chi connectivity index (χ1) is 13.0. The van der Waals surface area contributed by atoms with E-state index in [1.54, 1.807) is 37.3 Å². The number of benzene rings is 1. The number of likely N-dealkylation sites (N-methyl/N-ethyl adjacent to an activating group) is 2. The smallest absolute Gasteiger partial charge is 0.257 e. The fourth-order valence-corrected chi connectivity index (χ4v) is 3.79. The first kappa shape index (κ1) is 22.4. The number of rotatable bonds is 3. The van der Waals surface area contributed by atoms with Gasteiger partial charge in [-0.25, -0.2) is 8.42 Å². The van der Waals surface area contributed by atoms with Crippen molar-refractivity contribution in [1.82, 2.24) is 9.80 Å². The predicted molar refractivity (Wildman–Crippen MR) is 109 cm³/mol. The first-order valence-electron chi connectivity index (χ1n) is 9.25. The lowest BCUT2D eigenvalue weighted by Crippen LogP contribution is -2.45.